The van der Waals surface area contributed by atoms with E-state index in [0.29, 0.717) is 5.92 Å². The Balaban J connectivity index is 1.84. The third-order valence-corrected chi connectivity index (χ3v) is 4.73. The maximum Gasteiger partial charge on any atom is -0.000802 e. The third-order valence-electron chi connectivity index (χ3n) is 4.73. The van der Waals surface area contributed by atoms with Crippen LogP contribution in [0.4, 0.5) is 0 Å². The first-order valence-corrected chi connectivity index (χ1v) is 7.21. The van der Waals surface area contributed by atoms with Crippen molar-refractivity contribution in [2.45, 2.75) is 56.8 Å². The lowest BCUT2D eigenvalue weighted by atomic mass is 9.83. The molecule has 1 unspecified atom stereocenters. The van der Waals surface area contributed by atoms with Crippen LogP contribution in [0, 0.1) is 0 Å². The molecule has 0 radical (unpaired) electrons. The Morgan fingerprint density at radius 3 is 2.65 bits per heavy atom. The van der Waals surface area contributed by atoms with Crippen LogP contribution in [0.15, 0.2) is 18.2 Å². The van der Waals surface area contributed by atoms with Crippen LogP contribution in [0.2, 0.25) is 0 Å². The molecule has 0 aromatic heterocycles. The minimum absolute atomic E-state index is 0.630. The quantitative estimate of drug-likeness (QED) is 0.821. The minimum Gasteiger partial charge on any atom is -0.330 e. The van der Waals surface area contributed by atoms with Gasteiger partial charge in [0.2, 0.25) is 0 Å². The average molecular weight is 229 g/mol. The fourth-order valence-electron chi connectivity index (χ4n) is 3.66. The molecule has 3 rings (SSSR count). The molecule has 1 heteroatoms. The number of hydrogen-bond donors (Lipinski definition) is 1. The maximum atomic E-state index is 5.83. The Kier molecular flexibility index (Phi) is 3.19. The summed E-state index contributed by atoms with van der Waals surface area (Å²) in [6.45, 7) is 0.815. The molecule has 1 nitrogen and oxygen atoms in total. The van der Waals surface area contributed by atoms with Crippen molar-refractivity contribution in [1.82, 2.24) is 0 Å². The van der Waals surface area contributed by atoms with E-state index >= 15 is 0 Å². The normalized spacial score (nSPS) is 24.9. The lowest BCUT2D eigenvalue weighted by Gasteiger charge is -2.22. The molecule has 2 aliphatic rings. The van der Waals surface area contributed by atoms with Gasteiger partial charge in [-0.15, -0.1) is 0 Å². The van der Waals surface area contributed by atoms with Gasteiger partial charge < -0.3 is 5.73 Å². The summed E-state index contributed by atoms with van der Waals surface area (Å²) in [5.74, 6) is 1.47. The van der Waals surface area contributed by atoms with E-state index in [9.17, 15) is 0 Å². The number of aryl methyl sites for hydroxylation is 1. The largest absolute Gasteiger partial charge is 0.330 e. The van der Waals surface area contributed by atoms with E-state index in [2.05, 4.69) is 18.2 Å². The molecule has 1 saturated carbocycles. The topological polar surface area (TPSA) is 26.0 Å². The predicted molar refractivity (Wildman–Crippen MR) is 72.4 cm³/mol. The first-order valence-electron chi connectivity index (χ1n) is 7.21. The molecule has 0 bridgehead atoms. The lowest BCUT2D eigenvalue weighted by molar-refractivity contribution is 0.443. The van der Waals surface area contributed by atoms with Crippen LogP contribution >= 0.6 is 0 Å². The van der Waals surface area contributed by atoms with E-state index in [1.54, 1.807) is 11.1 Å². The number of nitrogens with two attached hydrogens (primary N) is 1. The maximum absolute atomic E-state index is 5.83. The SMILES string of the molecule is NCC1CCc2cc(C3CCCCC3)ccc21. The fourth-order valence-corrected chi connectivity index (χ4v) is 3.66. The van der Waals surface area contributed by atoms with E-state index in [1.807, 2.05) is 0 Å². The molecule has 0 saturated heterocycles. The Hall–Kier alpha value is -0.820. The Bertz CT molecular complexity index is 391. The van der Waals surface area contributed by atoms with Gasteiger partial charge in [0, 0.05) is 0 Å². The number of benzene rings is 1. The van der Waals surface area contributed by atoms with Gasteiger partial charge in [-0.2, -0.15) is 0 Å². The van der Waals surface area contributed by atoms with Gasteiger partial charge in [0.05, 0.1) is 0 Å². The van der Waals surface area contributed by atoms with E-state index in [1.165, 1.54) is 50.5 Å². The molecule has 1 fully saturated rings. The second-order valence-corrected chi connectivity index (χ2v) is 5.76. The van der Waals surface area contributed by atoms with Crippen molar-refractivity contribution in [3.05, 3.63) is 34.9 Å². The summed E-state index contributed by atoms with van der Waals surface area (Å²) in [7, 11) is 0. The Morgan fingerprint density at radius 2 is 1.88 bits per heavy atom. The van der Waals surface area contributed by atoms with Gasteiger partial charge in [-0.1, -0.05) is 37.5 Å². The molecule has 0 aliphatic heterocycles. The molecular weight excluding hydrogens is 206 g/mol. The van der Waals surface area contributed by atoms with Crippen LogP contribution in [-0.4, -0.2) is 6.54 Å². The summed E-state index contributed by atoms with van der Waals surface area (Å²) in [4.78, 5) is 0. The van der Waals surface area contributed by atoms with Crippen molar-refractivity contribution < 1.29 is 0 Å². The first kappa shape index (κ1) is 11.3. The van der Waals surface area contributed by atoms with Crippen LogP contribution in [0.1, 0.15) is 67.1 Å². The van der Waals surface area contributed by atoms with Crippen LogP contribution < -0.4 is 5.73 Å². The zero-order valence-corrected chi connectivity index (χ0v) is 10.6. The van der Waals surface area contributed by atoms with Gasteiger partial charge in [0.15, 0.2) is 0 Å². The molecule has 1 aromatic carbocycles. The lowest BCUT2D eigenvalue weighted by Crippen LogP contribution is -2.09. The molecule has 0 heterocycles. The molecule has 0 spiro atoms. The summed E-state index contributed by atoms with van der Waals surface area (Å²) in [5.41, 5.74) is 10.5. The van der Waals surface area contributed by atoms with Crippen LogP contribution in [-0.2, 0) is 6.42 Å². The van der Waals surface area contributed by atoms with Crippen LogP contribution in [0.3, 0.4) is 0 Å². The third kappa shape index (κ3) is 2.13. The van der Waals surface area contributed by atoms with Gasteiger partial charge in [-0.3, -0.25) is 0 Å². The van der Waals surface area contributed by atoms with Crippen molar-refractivity contribution in [3.63, 3.8) is 0 Å². The van der Waals surface area contributed by atoms with Crippen molar-refractivity contribution in [2.24, 2.45) is 5.73 Å². The van der Waals surface area contributed by atoms with Crippen molar-refractivity contribution >= 4 is 0 Å². The molecule has 92 valence electrons. The van der Waals surface area contributed by atoms with Crippen molar-refractivity contribution in [1.29, 1.82) is 0 Å². The van der Waals surface area contributed by atoms with Crippen molar-refractivity contribution in [2.75, 3.05) is 6.54 Å². The fraction of sp³-hybridized carbons (Fsp3) is 0.625. The summed E-state index contributed by atoms with van der Waals surface area (Å²) < 4.78 is 0. The first-order chi connectivity index (χ1) is 8.38. The summed E-state index contributed by atoms with van der Waals surface area (Å²) in [6.07, 6.45) is 9.60. The predicted octanol–water partition coefficient (Wildman–Crippen LogP) is 3.72. The number of hydrogen-bond acceptors (Lipinski definition) is 1. The molecule has 1 atom stereocenters. The molecule has 17 heavy (non-hydrogen) atoms. The minimum atomic E-state index is 0.630. The van der Waals surface area contributed by atoms with E-state index in [4.69, 9.17) is 5.73 Å². The smallest absolute Gasteiger partial charge is 0.000802 e. The van der Waals surface area contributed by atoms with Crippen molar-refractivity contribution in [3.8, 4) is 0 Å². The number of fused-ring (bicyclic) bond motifs is 1. The average Bonchev–Trinajstić information content (AvgIpc) is 2.81. The van der Waals surface area contributed by atoms with Gasteiger partial charge in [0.25, 0.3) is 0 Å². The van der Waals surface area contributed by atoms with Gasteiger partial charge >= 0.3 is 0 Å². The van der Waals surface area contributed by atoms with E-state index in [-0.39, 0.29) is 0 Å². The summed E-state index contributed by atoms with van der Waals surface area (Å²) >= 11 is 0. The highest BCUT2D eigenvalue weighted by Gasteiger charge is 2.23. The highest BCUT2D eigenvalue weighted by atomic mass is 14.6. The summed E-state index contributed by atoms with van der Waals surface area (Å²) in [5, 5.41) is 0. The van der Waals surface area contributed by atoms with Gasteiger partial charge in [-0.05, 0) is 60.8 Å². The van der Waals surface area contributed by atoms with Crippen LogP contribution in [0.25, 0.3) is 0 Å². The second-order valence-electron chi connectivity index (χ2n) is 5.76. The summed E-state index contributed by atoms with van der Waals surface area (Å²) in [6, 6.07) is 7.23. The zero-order chi connectivity index (χ0) is 11.7. The second kappa shape index (κ2) is 4.81. The van der Waals surface area contributed by atoms with Gasteiger partial charge in [-0.25, -0.2) is 0 Å². The molecule has 0 amide bonds. The highest BCUT2D eigenvalue weighted by molar-refractivity contribution is 5.39. The Morgan fingerprint density at radius 1 is 1.06 bits per heavy atom. The van der Waals surface area contributed by atoms with E-state index in [0.717, 1.165) is 12.5 Å². The molecule has 2 N–H and O–H groups in total. The highest BCUT2D eigenvalue weighted by Crippen LogP contribution is 2.37. The Labute approximate surface area is 104 Å². The zero-order valence-electron chi connectivity index (χ0n) is 10.6. The standard InChI is InChI=1S/C16H23N/c17-11-15-7-6-14-10-13(8-9-16(14)15)12-4-2-1-3-5-12/h8-10,12,15H,1-7,11,17H2. The van der Waals surface area contributed by atoms with Crippen LogP contribution in [0.5, 0.6) is 0 Å². The van der Waals surface area contributed by atoms with E-state index < -0.39 is 0 Å². The molecule has 2 aliphatic carbocycles. The molecule has 1 aromatic rings. The monoisotopic (exact) mass is 229 g/mol. The molecular formula is C16H23N. The number of rotatable bonds is 2. The van der Waals surface area contributed by atoms with Gasteiger partial charge in [0.1, 0.15) is 0 Å².